The molecule has 5 heterocycles. The van der Waals surface area contributed by atoms with Crippen molar-refractivity contribution in [3.63, 3.8) is 0 Å². The molecule has 34 heavy (non-hydrogen) atoms. The Kier molecular flexibility index (Phi) is 5.07. The molecule has 6 rings (SSSR count). The highest BCUT2D eigenvalue weighted by molar-refractivity contribution is 5.89. The molecule has 172 valence electrons. The second-order valence-electron chi connectivity index (χ2n) is 9.63. The van der Waals surface area contributed by atoms with Crippen LogP contribution in [0, 0.1) is 5.41 Å². The second-order valence-corrected chi connectivity index (χ2v) is 9.63. The fourth-order valence-corrected chi connectivity index (χ4v) is 5.21. The van der Waals surface area contributed by atoms with Gasteiger partial charge in [-0.1, -0.05) is 18.7 Å². The molecule has 0 saturated carbocycles. The van der Waals surface area contributed by atoms with E-state index in [4.69, 9.17) is 0 Å². The van der Waals surface area contributed by atoms with Gasteiger partial charge < -0.3 is 20.1 Å². The van der Waals surface area contributed by atoms with Gasteiger partial charge in [-0.3, -0.25) is 0 Å². The lowest BCUT2D eigenvalue weighted by atomic mass is 9.72. The number of anilines is 2. The van der Waals surface area contributed by atoms with Crippen molar-refractivity contribution >= 4 is 28.1 Å². The maximum Gasteiger partial charge on any atom is 0.130 e. The minimum absolute atomic E-state index is 0.474. The highest BCUT2D eigenvalue weighted by Gasteiger charge is 2.43. The summed E-state index contributed by atoms with van der Waals surface area (Å²) in [4.78, 5) is 15.9. The van der Waals surface area contributed by atoms with Crippen molar-refractivity contribution in [1.82, 2.24) is 24.8 Å². The number of rotatable bonds is 5. The molecule has 0 bridgehead atoms. The van der Waals surface area contributed by atoms with Crippen LogP contribution in [0.2, 0.25) is 0 Å². The number of nitrogens with zero attached hydrogens (tertiary/aromatic N) is 5. The number of imidazole rings is 1. The first-order valence-electron chi connectivity index (χ1n) is 11.8. The molecule has 2 saturated heterocycles. The topological polar surface area (TPSA) is 70.9 Å². The molecule has 0 radical (unpaired) electrons. The van der Waals surface area contributed by atoms with Crippen molar-refractivity contribution in [1.29, 1.82) is 0 Å². The Morgan fingerprint density at radius 3 is 2.68 bits per heavy atom. The number of piperidine rings is 1. The van der Waals surface area contributed by atoms with Crippen LogP contribution in [0.15, 0.2) is 67.9 Å². The van der Waals surface area contributed by atoms with Crippen LogP contribution in [-0.4, -0.2) is 45.7 Å². The van der Waals surface area contributed by atoms with Gasteiger partial charge in [0.05, 0.1) is 18.2 Å². The van der Waals surface area contributed by atoms with Crippen LogP contribution in [0.25, 0.3) is 27.7 Å². The van der Waals surface area contributed by atoms with E-state index in [1.807, 2.05) is 42.6 Å². The van der Waals surface area contributed by atoms with Gasteiger partial charge >= 0.3 is 0 Å². The summed E-state index contributed by atoms with van der Waals surface area (Å²) in [6.07, 6.45) is 9.99. The summed E-state index contributed by atoms with van der Waals surface area (Å²) in [5.74, 6) is 1.80. The Morgan fingerprint density at radius 2 is 1.88 bits per heavy atom. The van der Waals surface area contributed by atoms with Crippen LogP contribution in [-0.2, 0) is 7.05 Å². The van der Waals surface area contributed by atoms with Gasteiger partial charge in [0.15, 0.2) is 0 Å². The van der Waals surface area contributed by atoms with E-state index in [0.717, 1.165) is 71.1 Å². The summed E-state index contributed by atoms with van der Waals surface area (Å²) >= 11 is 0. The fourth-order valence-electron chi connectivity index (χ4n) is 5.21. The largest absolute Gasteiger partial charge is 0.355 e. The molecule has 2 aliphatic heterocycles. The Morgan fingerprint density at radius 1 is 1.03 bits per heavy atom. The summed E-state index contributed by atoms with van der Waals surface area (Å²) in [7, 11) is 2.01. The Hall–Kier alpha value is -3.71. The maximum atomic E-state index is 4.63. The molecule has 4 aromatic rings. The summed E-state index contributed by atoms with van der Waals surface area (Å²) < 4.78 is 2.02. The molecule has 0 amide bonds. The van der Waals surface area contributed by atoms with Crippen molar-refractivity contribution < 1.29 is 0 Å². The quantitative estimate of drug-likeness (QED) is 0.471. The number of pyridine rings is 2. The molecule has 0 aliphatic carbocycles. The van der Waals surface area contributed by atoms with E-state index < -0.39 is 0 Å². The van der Waals surface area contributed by atoms with Crippen LogP contribution in [0.5, 0.6) is 0 Å². The monoisotopic (exact) mass is 451 g/mol. The molecule has 0 unspecified atom stereocenters. The van der Waals surface area contributed by atoms with Crippen LogP contribution in [0.4, 0.5) is 11.6 Å². The Balaban J connectivity index is 1.19. The predicted molar refractivity (Wildman–Crippen MR) is 138 cm³/mol. The number of aryl methyl sites for hydroxylation is 1. The lowest BCUT2D eigenvalue weighted by molar-refractivity contribution is 0.149. The average molecular weight is 452 g/mol. The zero-order valence-corrected chi connectivity index (χ0v) is 19.5. The number of hydrogen-bond donors (Lipinski definition) is 2. The summed E-state index contributed by atoms with van der Waals surface area (Å²) in [6.45, 7) is 8.73. The van der Waals surface area contributed by atoms with Gasteiger partial charge in [-0.05, 0) is 55.6 Å². The van der Waals surface area contributed by atoms with Gasteiger partial charge in [-0.25, -0.2) is 15.0 Å². The molecule has 7 nitrogen and oxygen atoms in total. The molecule has 7 heteroatoms. The molecule has 1 spiro atoms. The highest BCUT2D eigenvalue weighted by atomic mass is 15.3. The average Bonchev–Trinajstić information content (AvgIpc) is 3.28. The van der Waals surface area contributed by atoms with Crippen molar-refractivity contribution in [2.24, 2.45) is 12.5 Å². The van der Waals surface area contributed by atoms with E-state index in [9.17, 15) is 0 Å². The third-order valence-electron chi connectivity index (χ3n) is 7.25. The first-order chi connectivity index (χ1) is 16.6. The van der Waals surface area contributed by atoms with Crippen molar-refractivity contribution in [3.8, 4) is 11.3 Å². The third-order valence-corrected chi connectivity index (χ3v) is 7.25. The van der Waals surface area contributed by atoms with E-state index in [-0.39, 0.29) is 0 Å². The highest BCUT2D eigenvalue weighted by Crippen LogP contribution is 2.40. The zero-order chi connectivity index (χ0) is 23.1. The third kappa shape index (κ3) is 3.82. The Bertz CT molecular complexity index is 1360. The summed E-state index contributed by atoms with van der Waals surface area (Å²) in [5.41, 5.74) is 4.53. The van der Waals surface area contributed by atoms with E-state index in [1.165, 1.54) is 12.8 Å². The van der Waals surface area contributed by atoms with E-state index in [2.05, 4.69) is 67.4 Å². The zero-order valence-electron chi connectivity index (χ0n) is 19.5. The molecule has 2 fully saturated rings. The first-order valence-corrected chi connectivity index (χ1v) is 11.8. The predicted octanol–water partition coefficient (Wildman–Crippen LogP) is 4.30. The van der Waals surface area contributed by atoms with E-state index >= 15 is 0 Å². The molecule has 2 aliphatic rings. The number of hydrogen-bond acceptors (Lipinski definition) is 6. The maximum absolute atomic E-state index is 4.63. The number of benzene rings is 1. The van der Waals surface area contributed by atoms with Crippen LogP contribution >= 0.6 is 0 Å². The number of fused-ring (bicyclic) bond motifs is 1. The normalized spacial score (nSPS) is 17.0. The summed E-state index contributed by atoms with van der Waals surface area (Å²) in [5, 5.41) is 9.08. The molecule has 3 aromatic heterocycles. The first kappa shape index (κ1) is 20.9. The molecule has 2 N–H and O–H groups in total. The standard InChI is InChI=1S/C27H29N7/c1-19(20-5-8-30-26(13-20)34-16-27(17-34)6-9-28-10-7-27)32-25-12-23-11-21(3-4-22(23)14-31-25)24-15-29-18-33(24)2/h3-5,8,11-15,18,28H,1,6-7,9-10,16-17H2,2H3,(H,31,32). The lowest BCUT2D eigenvalue weighted by Crippen LogP contribution is -2.60. The van der Waals surface area contributed by atoms with Gasteiger partial charge in [0.25, 0.3) is 0 Å². The number of aromatic nitrogens is 4. The van der Waals surface area contributed by atoms with Gasteiger partial charge in [0, 0.05) is 60.2 Å². The van der Waals surface area contributed by atoms with Gasteiger partial charge in [-0.15, -0.1) is 0 Å². The van der Waals surface area contributed by atoms with E-state index in [0.29, 0.717) is 5.41 Å². The fraction of sp³-hybridized carbons (Fsp3) is 0.296. The minimum atomic E-state index is 0.474. The summed E-state index contributed by atoms with van der Waals surface area (Å²) in [6, 6.07) is 12.6. The molecule has 0 atom stereocenters. The van der Waals surface area contributed by atoms with Gasteiger partial charge in [0.2, 0.25) is 0 Å². The SMILES string of the molecule is C=C(Nc1cc2cc(-c3cncn3C)ccc2cn1)c1ccnc(N2CC3(CCNCC3)C2)c1. The van der Waals surface area contributed by atoms with Gasteiger partial charge in [0.1, 0.15) is 11.6 Å². The minimum Gasteiger partial charge on any atom is -0.355 e. The Labute approximate surface area is 199 Å². The lowest BCUT2D eigenvalue weighted by Gasteiger charge is -2.53. The van der Waals surface area contributed by atoms with Crippen molar-refractivity contribution in [3.05, 3.63) is 73.5 Å². The van der Waals surface area contributed by atoms with Gasteiger partial charge in [-0.2, -0.15) is 0 Å². The van der Waals surface area contributed by atoms with Crippen molar-refractivity contribution in [2.45, 2.75) is 12.8 Å². The molecular weight excluding hydrogens is 422 g/mol. The van der Waals surface area contributed by atoms with Crippen LogP contribution in [0.1, 0.15) is 18.4 Å². The van der Waals surface area contributed by atoms with Crippen LogP contribution in [0.3, 0.4) is 0 Å². The van der Waals surface area contributed by atoms with E-state index in [1.54, 1.807) is 0 Å². The number of nitrogens with one attached hydrogen (secondary N) is 2. The molecule has 1 aromatic carbocycles. The smallest absolute Gasteiger partial charge is 0.130 e. The van der Waals surface area contributed by atoms with Crippen LogP contribution < -0.4 is 15.5 Å². The molecular formula is C27H29N7. The second kappa shape index (κ2) is 8.25. The van der Waals surface area contributed by atoms with Crippen molar-refractivity contribution in [2.75, 3.05) is 36.4 Å².